The molecule has 0 spiro atoms. The number of nitrogens with one attached hydrogen (secondary N) is 2. The fourth-order valence-electron chi connectivity index (χ4n) is 4.49. The normalized spacial score (nSPS) is 12.4. The summed E-state index contributed by atoms with van der Waals surface area (Å²) in [7, 11) is 0. The minimum Gasteiger partial charge on any atom is -0.391 e. The monoisotopic (exact) mass is 659 g/mol. The van der Waals surface area contributed by atoms with E-state index in [1.165, 1.54) is 42.4 Å². The van der Waals surface area contributed by atoms with Crippen molar-refractivity contribution in [2.24, 2.45) is 16.6 Å². The van der Waals surface area contributed by atoms with Crippen molar-refractivity contribution in [1.29, 1.82) is 0 Å². The van der Waals surface area contributed by atoms with E-state index in [-0.39, 0.29) is 0 Å². The highest BCUT2D eigenvalue weighted by molar-refractivity contribution is 5.78. The summed E-state index contributed by atoms with van der Waals surface area (Å²) in [5.74, 6) is 1.49. The first kappa shape index (κ1) is 48.8. The third kappa shape index (κ3) is 24.5. The summed E-state index contributed by atoms with van der Waals surface area (Å²) in [6.45, 7) is 38.9. The molecule has 2 unspecified atom stereocenters. The van der Waals surface area contributed by atoms with Crippen LogP contribution in [0.3, 0.4) is 0 Å². The highest BCUT2D eigenvalue weighted by Gasteiger charge is 2.26. The van der Waals surface area contributed by atoms with Gasteiger partial charge in [-0.25, -0.2) is 0 Å². The molecular formula is C44H74N4. The lowest BCUT2D eigenvalue weighted by Crippen LogP contribution is -2.24. The summed E-state index contributed by atoms with van der Waals surface area (Å²) >= 11 is 0. The predicted molar refractivity (Wildman–Crippen MR) is 221 cm³/mol. The van der Waals surface area contributed by atoms with E-state index in [1.807, 2.05) is 78.8 Å². The van der Waals surface area contributed by atoms with Crippen molar-refractivity contribution in [3.05, 3.63) is 132 Å². The predicted octanol–water partition coefficient (Wildman–Crippen LogP) is 11.9. The van der Waals surface area contributed by atoms with E-state index in [1.54, 1.807) is 13.1 Å². The molecule has 4 nitrogen and oxygen atoms in total. The summed E-state index contributed by atoms with van der Waals surface area (Å²) in [6.07, 6.45) is 15.1. The Kier molecular flexibility index (Phi) is 32.5. The van der Waals surface area contributed by atoms with Crippen LogP contribution in [0.1, 0.15) is 117 Å². The second kappa shape index (κ2) is 31.9. The zero-order valence-electron chi connectivity index (χ0n) is 33.2. The minimum absolute atomic E-state index is 0.426. The Bertz CT molecular complexity index is 1180. The summed E-state index contributed by atoms with van der Waals surface area (Å²) in [5.41, 5.74) is 12.3. The second-order valence-electron chi connectivity index (χ2n) is 11.6. The van der Waals surface area contributed by atoms with Gasteiger partial charge in [0.2, 0.25) is 0 Å². The first-order valence-electron chi connectivity index (χ1n) is 18.1. The van der Waals surface area contributed by atoms with E-state index in [2.05, 4.69) is 106 Å². The van der Waals surface area contributed by atoms with Gasteiger partial charge < -0.3 is 16.4 Å². The molecule has 2 aromatic carbocycles. The van der Waals surface area contributed by atoms with Crippen LogP contribution in [0.5, 0.6) is 0 Å². The van der Waals surface area contributed by atoms with E-state index < -0.39 is 5.54 Å². The number of nitrogens with zero attached hydrogens (tertiary/aromatic N) is 1. The molecule has 48 heavy (non-hydrogen) atoms. The smallest absolute Gasteiger partial charge is 0.105 e. The summed E-state index contributed by atoms with van der Waals surface area (Å²) in [6, 6.07) is 16.9. The molecule has 270 valence electrons. The lowest BCUT2D eigenvalue weighted by Gasteiger charge is -2.27. The highest BCUT2D eigenvalue weighted by atomic mass is 14.9. The molecule has 0 heterocycles. The van der Waals surface area contributed by atoms with Gasteiger partial charge in [-0.05, 0) is 82.4 Å². The van der Waals surface area contributed by atoms with Crippen molar-refractivity contribution in [3.8, 4) is 0 Å². The second-order valence-corrected chi connectivity index (χ2v) is 11.6. The number of amidine groups is 1. The van der Waals surface area contributed by atoms with Crippen LogP contribution in [0.25, 0.3) is 0 Å². The number of hydrogen-bond donors (Lipinski definition) is 3. The van der Waals surface area contributed by atoms with Gasteiger partial charge in [0.15, 0.2) is 0 Å². The Balaban J connectivity index is -0.000000613. The van der Waals surface area contributed by atoms with Crippen LogP contribution in [-0.4, -0.2) is 18.9 Å². The average molecular weight is 659 g/mol. The lowest BCUT2D eigenvalue weighted by atomic mass is 9.86. The molecular weight excluding hydrogens is 585 g/mol. The Morgan fingerprint density at radius 1 is 0.938 bits per heavy atom. The SMILES string of the molecule is C=C(/C=C\C=C/C)CNCc1ccc(C)cc1.C=C(C)C(C)(N=C(C)N)c1cccc(C)c1.C=CNCCC(CC)CCC.CC.CC. The van der Waals surface area contributed by atoms with Crippen molar-refractivity contribution in [3.63, 3.8) is 0 Å². The molecule has 2 aromatic rings. The number of allylic oxidation sites excluding steroid dienone is 3. The molecule has 4 heteroatoms. The van der Waals surface area contributed by atoms with Crippen LogP contribution in [0.15, 0.2) is 115 Å². The van der Waals surface area contributed by atoms with Crippen LogP contribution in [0, 0.1) is 19.8 Å². The first-order valence-corrected chi connectivity index (χ1v) is 18.1. The molecule has 2 atom stereocenters. The van der Waals surface area contributed by atoms with Gasteiger partial charge in [-0.1, -0.05) is 165 Å². The number of rotatable bonds is 16. The Hall–Kier alpha value is -3.63. The third-order valence-corrected chi connectivity index (χ3v) is 7.36. The molecule has 0 aliphatic carbocycles. The van der Waals surface area contributed by atoms with Crippen molar-refractivity contribution in [2.75, 3.05) is 13.1 Å². The van der Waals surface area contributed by atoms with E-state index in [0.29, 0.717) is 5.84 Å². The number of nitrogens with two attached hydrogens (primary N) is 1. The molecule has 0 radical (unpaired) electrons. The molecule has 0 aliphatic rings. The van der Waals surface area contributed by atoms with Gasteiger partial charge in [-0.3, -0.25) is 4.99 Å². The van der Waals surface area contributed by atoms with Gasteiger partial charge in [0, 0.05) is 19.6 Å². The van der Waals surface area contributed by atoms with Crippen LogP contribution in [0.2, 0.25) is 0 Å². The van der Waals surface area contributed by atoms with Crippen LogP contribution >= 0.6 is 0 Å². The molecule has 0 amide bonds. The summed E-state index contributed by atoms with van der Waals surface area (Å²) in [4.78, 5) is 4.51. The number of aliphatic imine (C=N–C) groups is 1. The fraction of sp³-hybridized carbons (Fsp3) is 0.477. The molecule has 0 saturated carbocycles. The highest BCUT2D eigenvalue weighted by Crippen LogP contribution is 2.32. The molecule has 0 fully saturated rings. The minimum atomic E-state index is -0.426. The number of benzene rings is 2. The molecule has 2 rings (SSSR count). The Labute approximate surface area is 298 Å². The molecule has 0 bridgehead atoms. The third-order valence-electron chi connectivity index (χ3n) is 7.36. The van der Waals surface area contributed by atoms with Gasteiger partial charge >= 0.3 is 0 Å². The number of hydrogen-bond acceptors (Lipinski definition) is 3. The maximum Gasteiger partial charge on any atom is 0.105 e. The summed E-state index contributed by atoms with van der Waals surface area (Å²) < 4.78 is 0. The Morgan fingerprint density at radius 3 is 2.04 bits per heavy atom. The average Bonchev–Trinajstić information content (AvgIpc) is 3.07. The van der Waals surface area contributed by atoms with Gasteiger partial charge in [0.05, 0.1) is 5.84 Å². The zero-order chi connectivity index (χ0) is 37.4. The molecule has 0 aromatic heterocycles. The van der Waals surface area contributed by atoms with Gasteiger partial charge in [-0.2, -0.15) is 0 Å². The van der Waals surface area contributed by atoms with Gasteiger partial charge in [0.25, 0.3) is 0 Å². The molecule has 0 saturated heterocycles. The zero-order valence-corrected chi connectivity index (χ0v) is 33.2. The van der Waals surface area contributed by atoms with Gasteiger partial charge in [-0.15, -0.1) is 0 Å². The van der Waals surface area contributed by atoms with Crippen molar-refractivity contribution in [2.45, 2.75) is 121 Å². The maximum absolute atomic E-state index is 5.70. The van der Waals surface area contributed by atoms with E-state index in [9.17, 15) is 0 Å². The quantitative estimate of drug-likeness (QED) is 0.0553. The molecule has 4 N–H and O–H groups in total. The van der Waals surface area contributed by atoms with Crippen molar-refractivity contribution < 1.29 is 0 Å². The maximum atomic E-state index is 5.70. The van der Waals surface area contributed by atoms with Crippen molar-refractivity contribution in [1.82, 2.24) is 10.6 Å². The van der Waals surface area contributed by atoms with Crippen LogP contribution in [0.4, 0.5) is 0 Å². The summed E-state index contributed by atoms with van der Waals surface area (Å²) in [5, 5.41) is 6.51. The lowest BCUT2D eigenvalue weighted by molar-refractivity contribution is 0.429. The van der Waals surface area contributed by atoms with Crippen LogP contribution in [-0.2, 0) is 12.1 Å². The molecule has 0 aliphatic heterocycles. The standard InChI is InChI=1S/C16H21N.C14H20N2.C10H21N.2C2H6/c1-4-5-6-7-15(3)12-17-13-16-10-8-14(2)9-11-16;1-10(2)14(5,16-12(4)15)13-8-6-7-11(3)9-13;1-4-7-10(5-2)8-9-11-6-3;2*1-2/h4-11,17H,3,12-13H2,1-2H3;6-9H,1H2,2-5H3,(H2,15,16);6,10-11H,3-5,7-9H2,1-2H3;2*1-2H3/b5-4-,7-6-;;;;. The van der Waals surface area contributed by atoms with E-state index in [0.717, 1.165) is 42.3 Å². The largest absolute Gasteiger partial charge is 0.391 e. The van der Waals surface area contributed by atoms with Crippen LogP contribution < -0.4 is 16.4 Å². The van der Waals surface area contributed by atoms with E-state index in [4.69, 9.17) is 5.73 Å². The topological polar surface area (TPSA) is 62.4 Å². The Morgan fingerprint density at radius 2 is 1.56 bits per heavy atom. The van der Waals surface area contributed by atoms with Gasteiger partial charge in [0.1, 0.15) is 5.54 Å². The number of aryl methyl sites for hydroxylation is 2. The first-order chi connectivity index (χ1) is 22.9. The van der Waals surface area contributed by atoms with Crippen molar-refractivity contribution >= 4 is 5.84 Å². The van der Waals surface area contributed by atoms with E-state index >= 15 is 0 Å². The fourth-order valence-corrected chi connectivity index (χ4v) is 4.49.